The zero-order valence-corrected chi connectivity index (χ0v) is 23.3. The summed E-state index contributed by atoms with van der Waals surface area (Å²) in [7, 11) is -3.88. The van der Waals surface area contributed by atoms with Crippen molar-refractivity contribution < 1.29 is 27.5 Å². The topological polar surface area (TPSA) is 105 Å². The first kappa shape index (κ1) is 28.9. The number of carbonyl (C=O) groups excluding carboxylic acids is 2. The van der Waals surface area contributed by atoms with Crippen molar-refractivity contribution in [2.45, 2.75) is 39.3 Å². The van der Waals surface area contributed by atoms with Gasteiger partial charge in [-0.05, 0) is 42.7 Å². The Labute approximate surface area is 227 Å². The maximum absolute atomic E-state index is 13.7. The van der Waals surface area contributed by atoms with E-state index in [9.17, 15) is 18.0 Å². The van der Waals surface area contributed by atoms with E-state index in [2.05, 4.69) is 5.32 Å². The van der Waals surface area contributed by atoms with E-state index < -0.39 is 28.5 Å². The summed E-state index contributed by atoms with van der Waals surface area (Å²) in [6.07, 6.45) is 2.06. The Morgan fingerprint density at radius 2 is 1.76 bits per heavy atom. The van der Waals surface area contributed by atoms with Crippen LogP contribution in [0.1, 0.15) is 32.3 Å². The molecule has 1 unspecified atom stereocenters. The van der Waals surface area contributed by atoms with Crippen molar-refractivity contribution in [3.8, 4) is 11.5 Å². The number of rotatable bonds is 11. The molecule has 2 aromatic carbocycles. The lowest BCUT2D eigenvalue weighted by molar-refractivity contribution is -0.140. The number of hydrogen-bond acceptors (Lipinski definition) is 6. The SMILES string of the molecule is CCCNC(=O)C(CC)N(Cc1ccc(Cl)cc1Cl)C(=O)CN(c1ccc2c(c1)OCCO2)S(C)(=O)=O. The van der Waals surface area contributed by atoms with E-state index >= 15 is 0 Å². The minimum atomic E-state index is -3.88. The highest BCUT2D eigenvalue weighted by atomic mass is 35.5. The van der Waals surface area contributed by atoms with Gasteiger partial charge in [-0.2, -0.15) is 0 Å². The molecule has 1 N–H and O–H groups in total. The first-order valence-corrected chi connectivity index (χ1v) is 14.5. The molecule has 12 heteroatoms. The second-order valence-electron chi connectivity index (χ2n) is 8.57. The second kappa shape index (κ2) is 12.7. The molecule has 3 rings (SSSR count). The molecular weight excluding hydrogens is 541 g/mol. The molecule has 0 spiro atoms. The molecule has 1 aliphatic rings. The molecule has 0 saturated heterocycles. The number of nitrogens with one attached hydrogen (secondary N) is 1. The molecule has 0 radical (unpaired) electrons. The van der Waals surface area contributed by atoms with Gasteiger partial charge in [-0.3, -0.25) is 13.9 Å². The number of benzene rings is 2. The fourth-order valence-corrected chi connectivity index (χ4v) is 5.23. The van der Waals surface area contributed by atoms with Crippen LogP contribution in [0.25, 0.3) is 0 Å². The normalized spacial score (nSPS) is 13.5. The van der Waals surface area contributed by atoms with Crippen LogP contribution in [0, 0.1) is 0 Å². The minimum absolute atomic E-state index is 0.00831. The van der Waals surface area contributed by atoms with Crippen LogP contribution in [0.3, 0.4) is 0 Å². The summed E-state index contributed by atoms with van der Waals surface area (Å²) in [6.45, 7) is 4.35. The highest BCUT2D eigenvalue weighted by molar-refractivity contribution is 7.92. The van der Waals surface area contributed by atoms with Crippen LogP contribution >= 0.6 is 23.2 Å². The van der Waals surface area contributed by atoms with Crippen LogP contribution in [0.2, 0.25) is 10.0 Å². The van der Waals surface area contributed by atoms with Crippen LogP contribution in [0.4, 0.5) is 5.69 Å². The van der Waals surface area contributed by atoms with Gasteiger partial charge in [-0.1, -0.05) is 43.1 Å². The Hall–Kier alpha value is -2.69. The van der Waals surface area contributed by atoms with Gasteiger partial charge >= 0.3 is 0 Å². The molecule has 37 heavy (non-hydrogen) atoms. The number of fused-ring (bicyclic) bond motifs is 1. The standard InChI is InChI=1S/C25H31Cl2N3O6S/c1-4-10-28-25(32)21(5-2)29(15-17-6-7-18(26)13-20(17)27)24(31)16-30(37(3,33)34)19-8-9-22-23(14-19)36-12-11-35-22/h6-9,13-14,21H,4-5,10-12,15-16H2,1-3H3,(H,28,32). The monoisotopic (exact) mass is 571 g/mol. The Morgan fingerprint density at radius 1 is 1.05 bits per heavy atom. The van der Waals surface area contributed by atoms with E-state index in [1.807, 2.05) is 6.92 Å². The van der Waals surface area contributed by atoms with Gasteiger partial charge in [0.15, 0.2) is 11.5 Å². The van der Waals surface area contributed by atoms with Gasteiger partial charge in [0.25, 0.3) is 0 Å². The molecule has 202 valence electrons. The lowest BCUT2D eigenvalue weighted by atomic mass is 10.1. The van der Waals surface area contributed by atoms with Crippen molar-refractivity contribution in [2.75, 3.05) is 36.9 Å². The van der Waals surface area contributed by atoms with Crippen LogP contribution < -0.4 is 19.1 Å². The summed E-state index contributed by atoms with van der Waals surface area (Å²) < 4.78 is 37.7. The lowest BCUT2D eigenvalue weighted by Crippen LogP contribution is -2.52. The van der Waals surface area contributed by atoms with Crippen molar-refractivity contribution in [2.24, 2.45) is 0 Å². The molecule has 9 nitrogen and oxygen atoms in total. The Morgan fingerprint density at radius 3 is 2.38 bits per heavy atom. The molecule has 1 aliphatic heterocycles. The van der Waals surface area contributed by atoms with E-state index in [1.165, 1.54) is 11.0 Å². The fourth-order valence-electron chi connectivity index (χ4n) is 3.92. The molecular formula is C25H31Cl2N3O6S. The van der Waals surface area contributed by atoms with Crippen molar-refractivity contribution in [1.82, 2.24) is 10.2 Å². The third-order valence-electron chi connectivity index (χ3n) is 5.78. The molecule has 2 amide bonds. The van der Waals surface area contributed by atoms with Gasteiger partial charge < -0.3 is 19.7 Å². The Bertz CT molecular complexity index is 1240. The van der Waals surface area contributed by atoms with Crippen LogP contribution in [-0.2, 0) is 26.2 Å². The molecule has 0 aromatic heterocycles. The van der Waals surface area contributed by atoms with E-state index in [0.29, 0.717) is 53.3 Å². The van der Waals surface area contributed by atoms with E-state index in [-0.39, 0.29) is 18.1 Å². The molecule has 2 aromatic rings. The Kier molecular flexibility index (Phi) is 9.92. The van der Waals surface area contributed by atoms with E-state index in [4.69, 9.17) is 32.7 Å². The third kappa shape index (κ3) is 7.43. The van der Waals surface area contributed by atoms with Crippen LogP contribution in [0.5, 0.6) is 11.5 Å². The van der Waals surface area contributed by atoms with Gasteiger partial charge in [0, 0.05) is 29.2 Å². The smallest absolute Gasteiger partial charge is 0.244 e. The van der Waals surface area contributed by atoms with Crippen molar-refractivity contribution >= 4 is 50.7 Å². The highest BCUT2D eigenvalue weighted by Crippen LogP contribution is 2.35. The Balaban J connectivity index is 1.96. The average Bonchev–Trinajstić information content (AvgIpc) is 2.86. The van der Waals surface area contributed by atoms with Crippen molar-refractivity contribution in [3.05, 3.63) is 52.0 Å². The van der Waals surface area contributed by atoms with Crippen LogP contribution in [0.15, 0.2) is 36.4 Å². The van der Waals surface area contributed by atoms with Gasteiger partial charge in [0.2, 0.25) is 21.8 Å². The summed E-state index contributed by atoms with van der Waals surface area (Å²) >= 11 is 12.4. The second-order valence-corrected chi connectivity index (χ2v) is 11.3. The molecule has 1 heterocycles. The first-order chi connectivity index (χ1) is 17.5. The molecule has 0 aliphatic carbocycles. The zero-order valence-electron chi connectivity index (χ0n) is 21.0. The highest BCUT2D eigenvalue weighted by Gasteiger charge is 2.32. The summed E-state index contributed by atoms with van der Waals surface area (Å²) in [5.74, 6) is -0.00898. The van der Waals surface area contributed by atoms with Gasteiger partial charge in [0.1, 0.15) is 25.8 Å². The minimum Gasteiger partial charge on any atom is -0.486 e. The van der Waals surface area contributed by atoms with Gasteiger partial charge in [0.05, 0.1) is 11.9 Å². The number of anilines is 1. The number of hydrogen-bond donors (Lipinski definition) is 1. The van der Waals surface area contributed by atoms with E-state index in [1.54, 1.807) is 37.3 Å². The van der Waals surface area contributed by atoms with Gasteiger partial charge in [-0.25, -0.2) is 8.42 Å². The average molecular weight is 573 g/mol. The summed E-state index contributed by atoms with van der Waals surface area (Å²) in [5, 5.41) is 3.59. The predicted octanol–water partition coefficient (Wildman–Crippen LogP) is 3.86. The summed E-state index contributed by atoms with van der Waals surface area (Å²) in [4.78, 5) is 28.1. The molecule has 1 atom stereocenters. The van der Waals surface area contributed by atoms with Crippen LogP contribution in [-0.4, -0.2) is 63.7 Å². The number of ether oxygens (including phenoxy) is 2. The number of sulfonamides is 1. The summed E-state index contributed by atoms with van der Waals surface area (Å²) in [5.41, 5.74) is 0.819. The zero-order chi connectivity index (χ0) is 27.2. The maximum Gasteiger partial charge on any atom is 0.244 e. The van der Waals surface area contributed by atoms with Crippen molar-refractivity contribution in [1.29, 1.82) is 0 Å². The number of amides is 2. The van der Waals surface area contributed by atoms with Gasteiger partial charge in [-0.15, -0.1) is 0 Å². The quantitative estimate of drug-likeness (QED) is 0.439. The fraction of sp³-hybridized carbons (Fsp3) is 0.440. The first-order valence-electron chi connectivity index (χ1n) is 11.9. The molecule has 0 fully saturated rings. The van der Waals surface area contributed by atoms with Crippen molar-refractivity contribution in [3.63, 3.8) is 0 Å². The van der Waals surface area contributed by atoms with E-state index in [0.717, 1.165) is 17.0 Å². The number of nitrogens with zero attached hydrogens (tertiary/aromatic N) is 2. The number of halogens is 2. The predicted molar refractivity (Wildman–Crippen MR) is 144 cm³/mol. The maximum atomic E-state index is 13.7. The molecule has 0 bridgehead atoms. The summed E-state index contributed by atoms with van der Waals surface area (Å²) in [6, 6.07) is 8.70. The number of carbonyl (C=O) groups is 2. The lowest BCUT2D eigenvalue weighted by Gasteiger charge is -2.33. The largest absolute Gasteiger partial charge is 0.486 e. The third-order valence-corrected chi connectivity index (χ3v) is 7.51. The molecule has 0 saturated carbocycles.